The number of aliphatic imine (C=N–C) groups is 1. The predicted molar refractivity (Wildman–Crippen MR) is 233 cm³/mol. The summed E-state index contributed by atoms with van der Waals surface area (Å²) in [5, 5.41) is 25.5. The molecule has 0 radical (unpaired) electrons. The number of aryl methyl sites for hydroxylation is 1. The van der Waals surface area contributed by atoms with Crippen molar-refractivity contribution in [2.45, 2.75) is 163 Å². The van der Waals surface area contributed by atoms with Gasteiger partial charge in [-0.05, 0) is 123 Å². The number of nitrogens with zero attached hydrogens (tertiary/aromatic N) is 1. The lowest BCUT2D eigenvalue weighted by atomic mass is 9.34. The third-order valence-electron chi connectivity index (χ3n) is 19.0. The summed E-state index contributed by atoms with van der Waals surface area (Å²) in [7, 11) is 0. The molecule has 5 fully saturated rings. The number of hydrogen-bond acceptors (Lipinski definition) is 7. The third kappa shape index (κ3) is 5.88. The second-order valence-electron chi connectivity index (χ2n) is 23.3. The van der Waals surface area contributed by atoms with Gasteiger partial charge in [-0.1, -0.05) is 65.3 Å². The summed E-state index contributed by atoms with van der Waals surface area (Å²) in [6, 6.07) is 7.15. The van der Waals surface area contributed by atoms with Crippen molar-refractivity contribution in [3.63, 3.8) is 0 Å². The Bertz CT molecular complexity index is 2170. The first-order valence-electron chi connectivity index (χ1n) is 23.6. The molecule has 4 aliphatic carbocycles. The number of nitrogens with one attached hydrogen (secondary N) is 1. The van der Waals surface area contributed by atoms with E-state index in [0.29, 0.717) is 43.9 Å². The predicted octanol–water partition coefficient (Wildman–Crippen LogP) is 7.35. The highest BCUT2D eigenvalue weighted by molar-refractivity contribution is 6.02. The molecule has 5 aliphatic heterocycles. The van der Waals surface area contributed by atoms with Crippen LogP contribution in [0.2, 0.25) is 0 Å². The Morgan fingerprint density at radius 1 is 0.950 bits per heavy atom. The zero-order chi connectivity index (χ0) is 42.5. The lowest BCUT2D eigenvalue weighted by molar-refractivity contribution is -0.852. The van der Waals surface area contributed by atoms with Crippen LogP contribution in [0.15, 0.2) is 56.9 Å². The normalized spacial score (nSPS) is 42.2. The molecule has 8 nitrogen and oxygen atoms in total. The van der Waals surface area contributed by atoms with Gasteiger partial charge in [-0.25, -0.2) is 4.99 Å². The summed E-state index contributed by atoms with van der Waals surface area (Å²) < 4.78 is 11.8. The van der Waals surface area contributed by atoms with Crippen molar-refractivity contribution >= 4 is 17.8 Å². The molecule has 3 N–H and O–H groups in total. The molecule has 11 atom stereocenters. The first-order valence-corrected chi connectivity index (χ1v) is 23.6. The van der Waals surface area contributed by atoms with Crippen molar-refractivity contribution in [3.8, 4) is 0 Å². The second-order valence-corrected chi connectivity index (χ2v) is 23.3. The maximum atomic E-state index is 15.2. The van der Waals surface area contributed by atoms with Crippen molar-refractivity contribution in [1.82, 2.24) is 0 Å². The van der Waals surface area contributed by atoms with E-state index in [0.717, 1.165) is 76.0 Å². The molecule has 0 spiro atoms. The Kier molecular flexibility index (Phi) is 9.37. The van der Waals surface area contributed by atoms with Crippen molar-refractivity contribution in [2.24, 2.45) is 49.8 Å². The van der Waals surface area contributed by atoms with Crippen LogP contribution in [0.5, 0.6) is 0 Å². The molecule has 0 amide bonds. The van der Waals surface area contributed by atoms with E-state index in [9.17, 15) is 15.0 Å². The van der Waals surface area contributed by atoms with Gasteiger partial charge in [0.15, 0.2) is 11.5 Å². The average Bonchev–Trinajstić information content (AvgIpc) is 3.43. The van der Waals surface area contributed by atoms with Gasteiger partial charge in [-0.15, -0.1) is 0 Å². The number of fused-ring (bicyclic) bond motifs is 4. The zero-order valence-corrected chi connectivity index (χ0v) is 37.9. The van der Waals surface area contributed by atoms with Gasteiger partial charge in [-0.3, -0.25) is 14.5 Å². The molecule has 9 aliphatic rings. The highest BCUT2D eigenvalue weighted by atomic mass is 16.6. The minimum atomic E-state index is -0.710. The molecule has 2 saturated heterocycles. The van der Waals surface area contributed by atoms with E-state index in [1.807, 2.05) is 13.8 Å². The molecule has 10 rings (SSSR count). The number of aliphatic hydroxyl groups excluding tert-OH is 2. The second kappa shape index (κ2) is 13.6. The van der Waals surface area contributed by atoms with Crippen LogP contribution in [0.25, 0.3) is 0 Å². The smallest absolute Gasteiger partial charge is 0.162 e. The number of rotatable bonds is 6. The molecule has 1 unspecified atom stereocenters. The summed E-state index contributed by atoms with van der Waals surface area (Å²) in [5.41, 5.74) is 8.60. The number of carbonyl (C=O) groups excluding carboxylic acids is 2. The maximum Gasteiger partial charge on any atom is 0.162 e. The molecular formula is C52H71N2O6+. The number of quaternary nitrogens is 1. The first-order chi connectivity index (χ1) is 28.2. The van der Waals surface area contributed by atoms with E-state index in [4.69, 9.17) is 14.5 Å². The Morgan fingerprint density at radius 3 is 2.40 bits per heavy atom. The van der Waals surface area contributed by atoms with E-state index in [1.165, 1.54) is 44.0 Å². The van der Waals surface area contributed by atoms with Crippen LogP contribution in [-0.4, -0.2) is 78.2 Å². The number of ether oxygens (including phenoxy) is 2. The topological polar surface area (TPSA) is 113 Å². The first kappa shape index (κ1) is 41.3. The van der Waals surface area contributed by atoms with Gasteiger partial charge < -0.3 is 19.7 Å². The number of allylic oxidation sites excluding steroid dienone is 2. The van der Waals surface area contributed by atoms with Crippen molar-refractivity contribution in [3.05, 3.63) is 68.6 Å². The van der Waals surface area contributed by atoms with Crippen molar-refractivity contribution in [1.29, 1.82) is 0 Å². The van der Waals surface area contributed by atoms with E-state index in [1.54, 1.807) is 0 Å². The van der Waals surface area contributed by atoms with Crippen LogP contribution < -0.4 is 4.90 Å². The molecule has 60 heavy (non-hydrogen) atoms. The minimum absolute atomic E-state index is 0.0689. The number of Topliss-reactive ketones (excluding diaryl/α,β-unsaturated/α-hetero) is 2. The Labute approximate surface area is 358 Å². The van der Waals surface area contributed by atoms with Gasteiger partial charge in [0.1, 0.15) is 24.1 Å². The monoisotopic (exact) mass is 820 g/mol. The largest absolute Gasteiger partial charge is 0.392 e. The number of aliphatic hydroxyl groups is 2. The fourth-order valence-electron chi connectivity index (χ4n) is 15.9. The number of ketones is 2. The van der Waals surface area contributed by atoms with Crippen LogP contribution in [-0.2, 0) is 25.5 Å². The Hall–Kier alpha value is -2.75. The highest BCUT2D eigenvalue weighted by Gasteiger charge is 2.73. The van der Waals surface area contributed by atoms with Crippen molar-refractivity contribution < 1.29 is 34.2 Å². The van der Waals surface area contributed by atoms with Crippen LogP contribution in [0.3, 0.4) is 0 Å². The molecular weight excluding hydrogens is 749 g/mol. The van der Waals surface area contributed by atoms with Crippen LogP contribution in [0.1, 0.15) is 142 Å². The average molecular weight is 820 g/mol. The number of benzene rings is 1. The van der Waals surface area contributed by atoms with E-state index in [-0.39, 0.29) is 46.1 Å². The molecule has 8 heteroatoms. The van der Waals surface area contributed by atoms with Gasteiger partial charge in [0.2, 0.25) is 0 Å². The molecule has 5 heterocycles. The number of hydrogen-bond donors (Lipinski definition) is 3. The number of epoxide rings is 1. The van der Waals surface area contributed by atoms with Gasteiger partial charge >= 0.3 is 0 Å². The fourth-order valence-corrected chi connectivity index (χ4v) is 15.9. The van der Waals surface area contributed by atoms with Gasteiger partial charge in [0, 0.05) is 66.2 Å². The van der Waals surface area contributed by atoms with Gasteiger partial charge in [0.05, 0.1) is 30.3 Å². The Morgan fingerprint density at radius 2 is 1.68 bits per heavy atom. The summed E-state index contributed by atoms with van der Waals surface area (Å²) in [6.07, 6.45) is 8.89. The molecule has 1 aromatic rings. The molecule has 324 valence electrons. The summed E-state index contributed by atoms with van der Waals surface area (Å²) in [4.78, 5) is 35.4. The third-order valence-corrected chi connectivity index (χ3v) is 19.0. The van der Waals surface area contributed by atoms with Crippen LogP contribution >= 0.6 is 0 Å². The summed E-state index contributed by atoms with van der Waals surface area (Å²) >= 11 is 0. The van der Waals surface area contributed by atoms with E-state index < -0.39 is 28.5 Å². The quantitative estimate of drug-likeness (QED) is 0.259. The number of carbonyl (C=O) groups is 2. The van der Waals surface area contributed by atoms with Crippen LogP contribution in [0.4, 0.5) is 0 Å². The molecule has 0 aromatic heterocycles. The van der Waals surface area contributed by atoms with Crippen molar-refractivity contribution in [2.75, 3.05) is 26.3 Å². The SMILES string of the molecule is Cc1cc(CC2=C3N=CC4=C3[NH+](C2)C[C@@H]2C3=C(C(=O)C[C@]3(C)[C@@]3(C)CC[C@H]5C(C)(C)C(=O)CC[C@]5(C)[C@@H]3[C@@H]2O)[C@](C)(C[C@@H](O)[C@@H]2OC2(C)C)CC4)cc(C2CCOCC2)c1. The minimum Gasteiger partial charge on any atom is -0.392 e. The molecule has 0 bridgehead atoms. The molecule has 1 aromatic carbocycles. The zero-order valence-electron chi connectivity index (χ0n) is 37.9. The van der Waals surface area contributed by atoms with E-state index >= 15 is 4.79 Å². The van der Waals surface area contributed by atoms with Gasteiger partial charge in [-0.2, -0.15) is 0 Å². The maximum absolute atomic E-state index is 15.2. The lowest BCUT2D eigenvalue weighted by Crippen LogP contribution is -3.10. The van der Waals surface area contributed by atoms with Crippen LogP contribution in [0, 0.1) is 51.8 Å². The van der Waals surface area contributed by atoms with E-state index in [2.05, 4.69) is 72.9 Å². The summed E-state index contributed by atoms with van der Waals surface area (Å²) in [6.45, 7) is 23.2. The lowest BCUT2D eigenvalue weighted by Gasteiger charge is -2.70. The Balaban J connectivity index is 1.09. The van der Waals surface area contributed by atoms with Gasteiger partial charge in [0.25, 0.3) is 0 Å². The summed E-state index contributed by atoms with van der Waals surface area (Å²) in [5.74, 6) is 0.927. The standard InChI is InChI=1S/C52H70N2O6/c1-29-20-30(22-33(21-29)31-13-18-59-19-14-31)23-34-27-54-28-35-40-41(49(6,24-37(56)46-48(4,5)60-46)15-10-32-26-53-42(34)43(32)54)36(55)25-52(40,9)51(8)17-11-38-47(2,3)39(57)12-16-50(38,7)45(51)44(35)58/h20-22,26,31,35,37-38,44-46,56,58H,10-19,23-25,27-28H2,1-9H3/p+1/t35-,37-,38+,44-,45+,46+,49+,50+,51+,52+/m1/s1. The highest BCUT2D eigenvalue weighted by Crippen LogP contribution is 2.75. The fraction of sp³-hybridized carbons (Fsp3) is 0.712. The molecule has 3 saturated carbocycles.